The zero-order valence-corrected chi connectivity index (χ0v) is 13.5. The Morgan fingerprint density at radius 1 is 1.32 bits per heavy atom. The lowest BCUT2D eigenvalue weighted by Gasteiger charge is -2.13. The fourth-order valence-corrected chi connectivity index (χ4v) is 2.26. The van der Waals surface area contributed by atoms with Crippen LogP contribution in [0, 0.1) is 6.92 Å². The van der Waals surface area contributed by atoms with Gasteiger partial charge in [-0.3, -0.25) is 4.99 Å². The van der Waals surface area contributed by atoms with Crippen LogP contribution in [0.5, 0.6) is 0 Å². The number of nitrogens with zero attached hydrogens (tertiary/aromatic N) is 4. The van der Waals surface area contributed by atoms with E-state index in [1.807, 2.05) is 0 Å². The molecule has 22 heavy (non-hydrogen) atoms. The van der Waals surface area contributed by atoms with Crippen LogP contribution >= 0.6 is 0 Å². The molecular weight excluding hydrogens is 276 g/mol. The summed E-state index contributed by atoms with van der Waals surface area (Å²) in [6.07, 6.45) is 2.66. The Hall–Kier alpha value is -2.37. The largest absolute Gasteiger partial charge is 0.355 e. The lowest BCUT2D eigenvalue weighted by molar-refractivity contribution is 0.632. The van der Waals surface area contributed by atoms with Crippen LogP contribution < -0.4 is 10.6 Å². The lowest BCUT2D eigenvalue weighted by atomic mass is 10.1. The summed E-state index contributed by atoms with van der Waals surface area (Å²) in [6, 6.07) is 8.45. The molecule has 1 aromatic carbocycles. The van der Waals surface area contributed by atoms with Crippen molar-refractivity contribution in [1.82, 2.24) is 25.4 Å². The highest BCUT2D eigenvalue weighted by molar-refractivity contribution is 5.79. The molecule has 0 amide bonds. The van der Waals surface area contributed by atoms with Crippen molar-refractivity contribution in [2.24, 2.45) is 4.99 Å². The average Bonchev–Trinajstić information content (AvgIpc) is 2.98. The third kappa shape index (κ3) is 4.58. The maximum atomic E-state index is 4.24. The van der Waals surface area contributed by atoms with Crippen molar-refractivity contribution in [2.75, 3.05) is 13.6 Å². The third-order valence-electron chi connectivity index (χ3n) is 3.42. The van der Waals surface area contributed by atoms with Crippen molar-refractivity contribution >= 4 is 5.96 Å². The summed E-state index contributed by atoms with van der Waals surface area (Å²) in [5.74, 6) is 1.80. The Morgan fingerprint density at radius 3 is 2.91 bits per heavy atom. The monoisotopic (exact) mass is 300 g/mol. The number of hydrogen-bond donors (Lipinski definition) is 2. The zero-order chi connectivity index (χ0) is 15.8. The molecule has 0 aliphatic rings. The molecule has 118 valence electrons. The summed E-state index contributed by atoms with van der Waals surface area (Å²) >= 11 is 0. The Balaban J connectivity index is 1.78. The van der Waals surface area contributed by atoms with Crippen LogP contribution in [-0.2, 0) is 19.5 Å². The van der Waals surface area contributed by atoms with Gasteiger partial charge in [0.05, 0.1) is 0 Å². The number of aromatic nitrogens is 3. The van der Waals surface area contributed by atoms with Gasteiger partial charge in [0.1, 0.15) is 12.2 Å². The summed E-state index contributed by atoms with van der Waals surface area (Å²) in [5.41, 5.74) is 2.51. The van der Waals surface area contributed by atoms with Crippen LogP contribution in [0.25, 0.3) is 0 Å². The van der Waals surface area contributed by atoms with Crippen LogP contribution in [0.3, 0.4) is 0 Å². The molecule has 0 aliphatic carbocycles. The highest BCUT2D eigenvalue weighted by atomic mass is 15.3. The van der Waals surface area contributed by atoms with Gasteiger partial charge in [0.2, 0.25) is 0 Å². The van der Waals surface area contributed by atoms with E-state index in [9.17, 15) is 0 Å². The van der Waals surface area contributed by atoms with E-state index in [1.165, 1.54) is 11.1 Å². The first kappa shape index (κ1) is 16.0. The number of hydrogen-bond acceptors (Lipinski definition) is 3. The topological polar surface area (TPSA) is 67.1 Å². The van der Waals surface area contributed by atoms with Crippen LogP contribution in [0.2, 0.25) is 0 Å². The molecule has 0 atom stereocenters. The van der Waals surface area contributed by atoms with Crippen LogP contribution in [0.1, 0.15) is 23.9 Å². The number of aryl methyl sites for hydroxylation is 2. The molecule has 0 bridgehead atoms. The van der Waals surface area contributed by atoms with Crippen molar-refractivity contribution in [3.8, 4) is 0 Å². The van der Waals surface area contributed by atoms with E-state index in [0.29, 0.717) is 0 Å². The molecule has 0 fully saturated rings. The predicted octanol–water partition coefficient (Wildman–Crippen LogP) is 1.51. The maximum Gasteiger partial charge on any atom is 0.191 e. The van der Waals surface area contributed by atoms with Gasteiger partial charge in [-0.2, -0.15) is 0 Å². The molecule has 0 spiro atoms. The minimum Gasteiger partial charge on any atom is -0.355 e. The lowest BCUT2D eigenvalue weighted by Crippen LogP contribution is -2.38. The fraction of sp³-hybridized carbons (Fsp3) is 0.438. The Labute approximate surface area is 131 Å². The first-order chi connectivity index (χ1) is 10.7. The van der Waals surface area contributed by atoms with Gasteiger partial charge in [-0.05, 0) is 12.5 Å². The number of benzene rings is 1. The van der Waals surface area contributed by atoms with E-state index in [4.69, 9.17) is 0 Å². The van der Waals surface area contributed by atoms with Gasteiger partial charge in [0.25, 0.3) is 0 Å². The highest BCUT2D eigenvalue weighted by Gasteiger charge is 2.02. The molecule has 0 saturated carbocycles. The van der Waals surface area contributed by atoms with Crippen molar-refractivity contribution in [2.45, 2.75) is 33.4 Å². The van der Waals surface area contributed by atoms with Crippen molar-refractivity contribution in [3.63, 3.8) is 0 Å². The normalized spacial score (nSPS) is 11.5. The molecule has 0 saturated heterocycles. The molecule has 6 heteroatoms. The quantitative estimate of drug-likeness (QED) is 0.627. The first-order valence-electron chi connectivity index (χ1n) is 7.59. The molecule has 6 nitrogen and oxygen atoms in total. The molecular formula is C16H24N6. The maximum absolute atomic E-state index is 4.24. The van der Waals surface area contributed by atoms with Gasteiger partial charge in [0.15, 0.2) is 5.96 Å². The molecule has 2 rings (SSSR count). The van der Waals surface area contributed by atoms with Crippen LogP contribution in [-0.4, -0.2) is 34.3 Å². The minimum atomic E-state index is 0.758. The van der Waals surface area contributed by atoms with E-state index in [2.05, 4.69) is 68.5 Å². The molecule has 1 heterocycles. The number of guanidine groups is 1. The second kappa shape index (κ2) is 8.17. The van der Waals surface area contributed by atoms with Crippen molar-refractivity contribution < 1.29 is 0 Å². The number of aliphatic imine (C=N–C) groups is 1. The number of nitrogens with one attached hydrogen (secondary N) is 2. The van der Waals surface area contributed by atoms with Crippen LogP contribution in [0.15, 0.2) is 35.6 Å². The van der Waals surface area contributed by atoms with Crippen LogP contribution in [0.4, 0.5) is 0 Å². The summed E-state index contributed by atoms with van der Waals surface area (Å²) in [6.45, 7) is 6.53. The fourth-order valence-electron chi connectivity index (χ4n) is 2.26. The molecule has 2 aromatic rings. The summed E-state index contributed by atoms with van der Waals surface area (Å²) in [5, 5.41) is 14.6. The van der Waals surface area contributed by atoms with Gasteiger partial charge in [-0.1, -0.05) is 36.8 Å². The first-order valence-corrected chi connectivity index (χ1v) is 7.59. The van der Waals surface area contributed by atoms with Crippen molar-refractivity contribution in [3.05, 3.63) is 47.5 Å². The second-order valence-corrected chi connectivity index (χ2v) is 5.14. The van der Waals surface area contributed by atoms with E-state index in [-0.39, 0.29) is 0 Å². The zero-order valence-electron chi connectivity index (χ0n) is 13.5. The number of rotatable bonds is 6. The van der Waals surface area contributed by atoms with E-state index in [0.717, 1.165) is 37.8 Å². The van der Waals surface area contributed by atoms with Gasteiger partial charge in [0, 0.05) is 33.1 Å². The second-order valence-electron chi connectivity index (χ2n) is 5.14. The molecule has 0 unspecified atom stereocenters. The smallest absolute Gasteiger partial charge is 0.191 e. The molecule has 0 radical (unpaired) electrons. The van der Waals surface area contributed by atoms with Gasteiger partial charge < -0.3 is 15.2 Å². The Bertz CT molecular complexity index is 617. The summed E-state index contributed by atoms with van der Waals surface area (Å²) < 4.78 is 2.06. The van der Waals surface area contributed by atoms with E-state index < -0.39 is 0 Å². The summed E-state index contributed by atoms with van der Waals surface area (Å²) in [4.78, 5) is 4.24. The average molecular weight is 300 g/mol. The summed E-state index contributed by atoms with van der Waals surface area (Å²) in [7, 11) is 1.78. The molecule has 2 N–H and O–H groups in total. The SMILES string of the molecule is CCc1nncn1CCNC(=NC)NCc1cccc(C)c1. The highest BCUT2D eigenvalue weighted by Crippen LogP contribution is 2.03. The van der Waals surface area contributed by atoms with Gasteiger partial charge in [-0.15, -0.1) is 10.2 Å². The molecule has 0 aliphatic heterocycles. The Kier molecular flexibility index (Phi) is 5.94. The van der Waals surface area contributed by atoms with Gasteiger partial charge >= 0.3 is 0 Å². The minimum absolute atomic E-state index is 0.758. The Morgan fingerprint density at radius 2 is 2.18 bits per heavy atom. The van der Waals surface area contributed by atoms with E-state index >= 15 is 0 Å². The van der Waals surface area contributed by atoms with Gasteiger partial charge in [-0.25, -0.2) is 0 Å². The predicted molar refractivity (Wildman–Crippen MR) is 88.8 cm³/mol. The standard InChI is InChI=1S/C16H24N6/c1-4-15-21-20-12-22(15)9-8-18-16(17-3)19-11-14-7-5-6-13(2)10-14/h5-7,10,12H,4,8-9,11H2,1-3H3,(H2,17,18,19). The van der Waals surface area contributed by atoms with E-state index in [1.54, 1.807) is 13.4 Å². The van der Waals surface area contributed by atoms with Crippen molar-refractivity contribution in [1.29, 1.82) is 0 Å². The third-order valence-corrected chi connectivity index (χ3v) is 3.42. The molecule has 1 aromatic heterocycles.